The molecule has 3 nitrogen and oxygen atoms in total. The van der Waals surface area contributed by atoms with Gasteiger partial charge in [-0.1, -0.05) is 0 Å². The van der Waals surface area contributed by atoms with Crippen LogP contribution in [0, 0.1) is 11.3 Å². The molecule has 0 aromatic carbocycles. The van der Waals surface area contributed by atoms with Crippen molar-refractivity contribution in [2.24, 2.45) is 0 Å². The first kappa shape index (κ1) is 14.3. The molecule has 0 radical (unpaired) electrons. The van der Waals surface area contributed by atoms with Crippen molar-refractivity contribution < 1.29 is 5.11 Å². The summed E-state index contributed by atoms with van der Waals surface area (Å²) >= 11 is 3.53. The van der Waals surface area contributed by atoms with Gasteiger partial charge in [0.1, 0.15) is 0 Å². The fourth-order valence-corrected chi connectivity index (χ4v) is 0.734. The van der Waals surface area contributed by atoms with Gasteiger partial charge in [-0.15, -0.1) is 0 Å². The summed E-state index contributed by atoms with van der Waals surface area (Å²) in [5.41, 5.74) is 0. The van der Waals surface area contributed by atoms with Gasteiger partial charge in [0.15, 0.2) is 0 Å². The van der Waals surface area contributed by atoms with Crippen molar-refractivity contribution in [3.63, 3.8) is 0 Å². The lowest BCUT2D eigenvalue weighted by atomic mass is 10.1. The van der Waals surface area contributed by atoms with E-state index in [0.717, 1.165) is 19.3 Å². The van der Waals surface area contributed by atoms with E-state index in [2.05, 4.69) is 24.0 Å². The second kappa shape index (κ2) is 13.4. The lowest BCUT2D eigenvalue weighted by molar-refractivity contribution is 0.281. The SMILES string of the molecule is CNC(C#N)CCCCO.CS. The largest absolute Gasteiger partial charge is 0.396 e. The number of aliphatic hydroxyl groups excluding tert-OH is 1. The highest BCUT2D eigenvalue weighted by Crippen LogP contribution is 1.98. The van der Waals surface area contributed by atoms with E-state index in [9.17, 15) is 0 Å². The van der Waals surface area contributed by atoms with Crippen molar-refractivity contribution in [2.75, 3.05) is 19.9 Å². The molecule has 0 heterocycles. The molecule has 0 rings (SSSR count). The van der Waals surface area contributed by atoms with Gasteiger partial charge < -0.3 is 10.4 Å². The van der Waals surface area contributed by atoms with Crippen LogP contribution in [0.15, 0.2) is 0 Å². The normalized spacial score (nSPS) is 10.9. The van der Waals surface area contributed by atoms with Crippen LogP contribution < -0.4 is 5.32 Å². The Morgan fingerprint density at radius 1 is 1.50 bits per heavy atom. The van der Waals surface area contributed by atoms with Crippen molar-refractivity contribution in [1.29, 1.82) is 5.26 Å². The Morgan fingerprint density at radius 2 is 2.08 bits per heavy atom. The van der Waals surface area contributed by atoms with Crippen LogP contribution in [0.3, 0.4) is 0 Å². The summed E-state index contributed by atoms with van der Waals surface area (Å²) in [6.45, 7) is 0.224. The van der Waals surface area contributed by atoms with Crippen LogP contribution in [0.1, 0.15) is 19.3 Å². The van der Waals surface area contributed by atoms with Gasteiger partial charge in [0.25, 0.3) is 0 Å². The number of aliphatic hydroxyl groups is 1. The van der Waals surface area contributed by atoms with Crippen molar-refractivity contribution in [3.05, 3.63) is 0 Å². The molecule has 0 saturated heterocycles. The molecule has 4 heteroatoms. The molecular weight excluding hydrogens is 172 g/mol. The third-order valence-electron chi connectivity index (χ3n) is 1.41. The molecule has 0 aromatic heterocycles. The van der Waals surface area contributed by atoms with Crippen molar-refractivity contribution in [3.8, 4) is 6.07 Å². The number of hydrogen-bond acceptors (Lipinski definition) is 4. The molecule has 12 heavy (non-hydrogen) atoms. The minimum Gasteiger partial charge on any atom is -0.396 e. The zero-order valence-electron chi connectivity index (χ0n) is 7.75. The highest BCUT2D eigenvalue weighted by atomic mass is 32.1. The second-order valence-corrected chi connectivity index (χ2v) is 2.19. The first-order valence-corrected chi connectivity index (χ1v) is 4.87. The van der Waals surface area contributed by atoms with Crippen molar-refractivity contribution in [1.82, 2.24) is 5.32 Å². The Hall–Kier alpha value is -0.240. The summed E-state index contributed by atoms with van der Waals surface area (Å²) in [4.78, 5) is 0. The molecule has 0 aliphatic heterocycles. The Bertz CT molecular complexity index is 114. The summed E-state index contributed by atoms with van der Waals surface area (Å²) < 4.78 is 0. The molecule has 0 aliphatic carbocycles. The molecular formula is C8H18N2OS. The van der Waals surface area contributed by atoms with Gasteiger partial charge in [-0.2, -0.15) is 17.9 Å². The van der Waals surface area contributed by atoms with Gasteiger partial charge in [-0.25, -0.2) is 0 Å². The molecule has 2 N–H and O–H groups in total. The number of hydrogen-bond donors (Lipinski definition) is 3. The Balaban J connectivity index is 0. The van der Waals surface area contributed by atoms with E-state index in [4.69, 9.17) is 10.4 Å². The van der Waals surface area contributed by atoms with Crippen LogP contribution in [0.25, 0.3) is 0 Å². The van der Waals surface area contributed by atoms with Gasteiger partial charge >= 0.3 is 0 Å². The number of nitriles is 1. The smallest absolute Gasteiger partial charge is 0.0950 e. The number of thiol groups is 1. The van der Waals surface area contributed by atoms with Crippen molar-refractivity contribution in [2.45, 2.75) is 25.3 Å². The molecule has 0 fully saturated rings. The van der Waals surface area contributed by atoms with E-state index in [0.29, 0.717) is 0 Å². The van der Waals surface area contributed by atoms with E-state index in [1.165, 1.54) is 0 Å². The van der Waals surface area contributed by atoms with Gasteiger partial charge in [-0.05, 0) is 32.6 Å². The van der Waals surface area contributed by atoms with Crippen LogP contribution in [0.4, 0.5) is 0 Å². The highest BCUT2D eigenvalue weighted by Gasteiger charge is 2.01. The summed E-state index contributed by atoms with van der Waals surface area (Å²) in [5, 5.41) is 19.7. The predicted octanol–water partition coefficient (Wildman–Crippen LogP) is 0.807. The predicted molar refractivity (Wildman–Crippen MR) is 54.3 cm³/mol. The zero-order valence-corrected chi connectivity index (χ0v) is 8.64. The molecule has 0 saturated carbocycles. The molecule has 72 valence electrons. The van der Waals surface area contributed by atoms with Gasteiger partial charge in [-0.3, -0.25) is 0 Å². The van der Waals surface area contributed by atoms with E-state index in [-0.39, 0.29) is 12.6 Å². The van der Waals surface area contributed by atoms with Crippen LogP contribution in [0.5, 0.6) is 0 Å². The number of unbranched alkanes of at least 4 members (excludes halogenated alkanes) is 1. The molecule has 0 bridgehead atoms. The maximum atomic E-state index is 8.45. The molecule has 1 unspecified atom stereocenters. The number of nitrogens with one attached hydrogen (secondary N) is 1. The zero-order chi connectivity index (χ0) is 9.82. The topological polar surface area (TPSA) is 56.0 Å². The summed E-state index contributed by atoms with van der Waals surface area (Å²) in [5.74, 6) is 0. The molecule has 0 aromatic rings. The monoisotopic (exact) mass is 190 g/mol. The standard InChI is InChI=1S/C7H14N2O.CH4S/c1-9-7(6-8)4-2-3-5-10;1-2/h7,9-10H,2-5H2,1H3;2H,1H3. The van der Waals surface area contributed by atoms with Gasteiger partial charge in [0.05, 0.1) is 12.1 Å². The number of nitrogens with zero attached hydrogens (tertiary/aromatic N) is 1. The first-order chi connectivity index (χ1) is 5.85. The van der Waals surface area contributed by atoms with Crippen LogP contribution >= 0.6 is 12.6 Å². The molecule has 0 spiro atoms. The van der Waals surface area contributed by atoms with Gasteiger partial charge in [0, 0.05) is 6.61 Å². The second-order valence-electron chi connectivity index (χ2n) is 2.19. The van der Waals surface area contributed by atoms with Crippen LogP contribution in [-0.2, 0) is 0 Å². The summed E-state index contributed by atoms with van der Waals surface area (Å²) in [7, 11) is 1.77. The lowest BCUT2D eigenvalue weighted by Gasteiger charge is -2.04. The minimum absolute atomic E-state index is 0.0495. The average molecular weight is 190 g/mol. The third kappa shape index (κ3) is 9.76. The summed E-state index contributed by atoms with van der Waals surface area (Å²) in [6.07, 6.45) is 4.23. The molecule has 0 aliphatic rings. The highest BCUT2D eigenvalue weighted by molar-refractivity contribution is 7.79. The minimum atomic E-state index is -0.0495. The quantitative estimate of drug-likeness (QED) is 0.444. The van der Waals surface area contributed by atoms with E-state index >= 15 is 0 Å². The Morgan fingerprint density at radius 3 is 2.42 bits per heavy atom. The van der Waals surface area contributed by atoms with Crippen molar-refractivity contribution >= 4 is 12.6 Å². The summed E-state index contributed by atoms with van der Waals surface area (Å²) in [6, 6.07) is 2.07. The fraction of sp³-hybridized carbons (Fsp3) is 0.875. The van der Waals surface area contributed by atoms with E-state index in [1.807, 2.05) is 0 Å². The first-order valence-electron chi connectivity index (χ1n) is 3.97. The average Bonchev–Trinajstić information content (AvgIpc) is 2.16. The Kier molecular flexibility index (Phi) is 15.9. The fourth-order valence-electron chi connectivity index (χ4n) is 0.734. The number of rotatable bonds is 5. The third-order valence-corrected chi connectivity index (χ3v) is 1.41. The van der Waals surface area contributed by atoms with Crippen LogP contribution in [-0.4, -0.2) is 31.1 Å². The van der Waals surface area contributed by atoms with Gasteiger partial charge in [0.2, 0.25) is 0 Å². The van der Waals surface area contributed by atoms with E-state index in [1.54, 1.807) is 13.3 Å². The van der Waals surface area contributed by atoms with E-state index < -0.39 is 0 Å². The molecule has 0 amide bonds. The lowest BCUT2D eigenvalue weighted by Crippen LogP contribution is -2.22. The molecule has 1 atom stereocenters. The van der Waals surface area contributed by atoms with Crippen LogP contribution in [0.2, 0.25) is 0 Å². The maximum Gasteiger partial charge on any atom is 0.0950 e. The Labute approximate surface area is 80.2 Å². The maximum absolute atomic E-state index is 8.45.